The summed E-state index contributed by atoms with van der Waals surface area (Å²) in [6.45, 7) is 2.16. The van der Waals surface area contributed by atoms with E-state index in [1.165, 1.54) is 70.6 Å². The van der Waals surface area contributed by atoms with E-state index in [4.69, 9.17) is 0 Å². The van der Waals surface area contributed by atoms with Crippen LogP contribution in [0.25, 0.3) is 0 Å². The summed E-state index contributed by atoms with van der Waals surface area (Å²) in [6.07, 6.45) is 23.0. The molecule has 0 rings (SSSR count). The average Bonchev–Trinajstić information content (AvgIpc) is 2.63. The Morgan fingerprint density at radius 3 is 1.65 bits per heavy atom. The van der Waals surface area contributed by atoms with Gasteiger partial charge in [0.1, 0.15) is 6.29 Å². The van der Waals surface area contributed by atoms with Crippen LogP contribution in [0.15, 0.2) is 11.8 Å². The van der Waals surface area contributed by atoms with Gasteiger partial charge in [-0.3, -0.25) is 10.1 Å². The molecular formula is C22H41NO3. The van der Waals surface area contributed by atoms with Gasteiger partial charge in [-0.15, -0.1) is 0 Å². The maximum absolute atomic E-state index is 11.1. The quantitative estimate of drug-likeness (QED) is 0.0975. The van der Waals surface area contributed by atoms with E-state index in [-0.39, 0.29) is 4.92 Å². The maximum atomic E-state index is 11.1. The third-order valence-electron chi connectivity index (χ3n) is 4.93. The van der Waals surface area contributed by atoms with Crippen LogP contribution >= 0.6 is 0 Å². The number of nitro groups is 1. The minimum absolute atomic E-state index is 0.190. The van der Waals surface area contributed by atoms with Crippen LogP contribution in [0.2, 0.25) is 0 Å². The lowest BCUT2D eigenvalue weighted by atomic mass is 10.0. The molecule has 0 atom stereocenters. The van der Waals surface area contributed by atoms with E-state index in [1.54, 1.807) is 0 Å². The first-order valence-corrected chi connectivity index (χ1v) is 11.0. The standard InChI is InChI=1S/C22H41NO3/c1-2-3-4-16-19-22(23(25)26)20-17-14-12-10-8-6-5-7-9-11-13-15-18-21-24/h20-21H,2-19H2,1H3/b22-20-. The summed E-state index contributed by atoms with van der Waals surface area (Å²) in [4.78, 5) is 21.1. The first kappa shape index (κ1) is 24.8. The minimum atomic E-state index is -0.190. The second kappa shape index (κ2) is 20.1. The summed E-state index contributed by atoms with van der Waals surface area (Å²) >= 11 is 0. The third-order valence-corrected chi connectivity index (χ3v) is 4.93. The van der Waals surface area contributed by atoms with Gasteiger partial charge in [0.2, 0.25) is 5.70 Å². The number of hydrogen-bond acceptors (Lipinski definition) is 3. The van der Waals surface area contributed by atoms with Gasteiger partial charge in [-0.25, -0.2) is 0 Å². The van der Waals surface area contributed by atoms with Crippen molar-refractivity contribution in [3.8, 4) is 0 Å². The predicted molar refractivity (Wildman–Crippen MR) is 110 cm³/mol. The fourth-order valence-corrected chi connectivity index (χ4v) is 3.23. The Morgan fingerprint density at radius 2 is 1.19 bits per heavy atom. The molecule has 0 N–H and O–H groups in total. The Balaban J connectivity index is 3.46. The molecule has 152 valence electrons. The monoisotopic (exact) mass is 367 g/mol. The van der Waals surface area contributed by atoms with E-state index < -0.39 is 0 Å². The normalized spacial score (nSPS) is 11.7. The highest BCUT2D eigenvalue weighted by Crippen LogP contribution is 2.15. The molecule has 0 aromatic carbocycles. The Kier molecular flexibility index (Phi) is 19.2. The molecule has 0 spiro atoms. The first-order valence-electron chi connectivity index (χ1n) is 11.0. The number of hydrogen-bond donors (Lipinski definition) is 0. The molecule has 0 heterocycles. The highest BCUT2D eigenvalue weighted by Gasteiger charge is 2.08. The zero-order valence-corrected chi connectivity index (χ0v) is 17.1. The molecule has 0 fully saturated rings. The van der Waals surface area contributed by atoms with Gasteiger partial charge in [0.15, 0.2) is 0 Å². The number of rotatable bonds is 20. The van der Waals surface area contributed by atoms with E-state index in [9.17, 15) is 14.9 Å². The largest absolute Gasteiger partial charge is 0.303 e. The lowest BCUT2D eigenvalue weighted by molar-refractivity contribution is -0.428. The van der Waals surface area contributed by atoms with Gasteiger partial charge in [-0.05, 0) is 31.8 Å². The molecule has 0 radical (unpaired) electrons. The molecule has 0 aromatic rings. The molecule has 0 aliphatic carbocycles. The zero-order chi connectivity index (χ0) is 19.3. The van der Waals surface area contributed by atoms with Gasteiger partial charge in [0, 0.05) is 12.8 Å². The van der Waals surface area contributed by atoms with Crippen LogP contribution in [-0.4, -0.2) is 11.2 Å². The van der Waals surface area contributed by atoms with E-state index in [1.807, 2.05) is 6.08 Å². The molecule has 0 unspecified atom stereocenters. The smallest absolute Gasteiger partial charge is 0.242 e. The molecule has 0 amide bonds. The van der Waals surface area contributed by atoms with Crippen LogP contribution in [0, 0.1) is 10.1 Å². The first-order chi connectivity index (χ1) is 12.7. The molecule has 4 nitrogen and oxygen atoms in total. The van der Waals surface area contributed by atoms with Crippen molar-refractivity contribution in [1.29, 1.82) is 0 Å². The molecule has 0 aliphatic rings. The number of aldehydes is 1. The Hall–Kier alpha value is -1.19. The number of allylic oxidation sites excluding steroid dienone is 2. The van der Waals surface area contributed by atoms with Crippen LogP contribution < -0.4 is 0 Å². The number of carbonyl (C=O) groups is 1. The molecule has 4 heteroatoms. The number of unbranched alkanes of at least 4 members (excludes halogenated alkanes) is 15. The average molecular weight is 368 g/mol. The van der Waals surface area contributed by atoms with Gasteiger partial charge >= 0.3 is 0 Å². The number of carbonyl (C=O) groups excluding carboxylic acids is 1. The van der Waals surface area contributed by atoms with Crippen molar-refractivity contribution in [3.05, 3.63) is 21.9 Å². The zero-order valence-electron chi connectivity index (χ0n) is 17.1. The lowest BCUT2D eigenvalue weighted by Gasteiger charge is -2.02. The Labute approximate surface area is 161 Å². The van der Waals surface area contributed by atoms with Crippen molar-refractivity contribution < 1.29 is 9.72 Å². The van der Waals surface area contributed by atoms with Crippen molar-refractivity contribution in [2.75, 3.05) is 0 Å². The van der Waals surface area contributed by atoms with E-state index in [2.05, 4.69) is 6.92 Å². The van der Waals surface area contributed by atoms with E-state index in [0.29, 0.717) is 12.1 Å². The van der Waals surface area contributed by atoms with Crippen molar-refractivity contribution in [3.63, 3.8) is 0 Å². The molecular weight excluding hydrogens is 326 g/mol. The molecule has 0 saturated heterocycles. The Bertz CT molecular complexity index is 366. The van der Waals surface area contributed by atoms with Gasteiger partial charge < -0.3 is 4.79 Å². The van der Waals surface area contributed by atoms with Crippen LogP contribution in [0.3, 0.4) is 0 Å². The highest BCUT2D eigenvalue weighted by molar-refractivity contribution is 5.48. The molecule has 0 bridgehead atoms. The molecule has 0 aromatic heterocycles. The van der Waals surface area contributed by atoms with Gasteiger partial charge in [0.25, 0.3) is 0 Å². The minimum Gasteiger partial charge on any atom is -0.303 e. The van der Waals surface area contributed by atoms with Crippen molar-refractivity contribution in [2.24, 2.45) is 0 Å². The summed E-state index contributed by atoms with van der Waals surface area (Å²) in [5.74, 6) is 0. The second-order valence-corrected chi connectivity index (χ2v) is 7.40. The van der Waals surface area contributed by atoms with Crippen LogP contribution in [0.4, 0.5) is 0 Å². The van der Waals surface area contributed by atoms with E-state index in [0.717, 1.165) is 44.8 Å². The predicted octanol–water partition coefficient (Wildman–Crippen LogP) is 7.39. The van der Waals surface area contributed by atoms with Crippen LogP contribution in [-0.2, 0) is 4.79 Å². The summed E-state index contributed by atoms with van der Waals surface area (Å²) in [5, 5.41) is 11.1. The SMILES string of the molecule is CCCCCC/C(=C/CCCCCCCCCCCCCC=O)[N+](=O)[O-]. The fraction of sp³-hybridized carbons (Fsp3) is 0.864. The van der Waals surface area contributed by atoms with Gasteiger partial charge in [-0.1, -0.05) is 84.0 Å². The van der Waals surface area contributed by atoms with Crippen molar-refractivity contribution in [2.45, 2.75) is 122 Å². The summed E-state index contributed by atoms with van der Waals surface area (Å²) < 4.78 is 0. The Morgan fingerprint density at radius 1 is 0.731 bits per heavy atom. The molecule has 26 heavy (non-hydrogen) atoms. The molecule has 0 aliphatic heterocycles. The molecule has 0 saturated carbocycles. The van der Waals surface area contributed by atoms with Crippen molar-refractivity contribution in [1.82, 2.24) is 0 Å². The topological polar surface area (TPSA) is 60.2 Å². The van der Waals surface area contributed by atoms with Crippen molar-refractivity contribution >= 4 is 6.29 Å². The number of nitrogens with zero attached hydrogens (tertiary/aromatic N) is 1. The summed E-state index contributed by atoms with van der Waals surface area (Å²) in [7, 11) is 0. The van der Waals surface area contributed by atoms with Crippen LogP contribution in [0.5, 0.6) is 0 Å². The maximum Gasteiger partial charge on any atom is 0.242 e. The van der Waals surface area contributed by atoms with E-state index >= 15 is 0 Å². The summed E-state index contributed by atoms with van der Waals surface area (Å²) in [5.41, 5.74) is 0.425. The van der Waals surface area contributed by atoms with Gasteiger partial charge in [-0.2, -0.15) is 0 Å². The second-order valence-electron chi connectivity index (χ2n) is 7.40. The third kappa shape index (κ3) is 17.6. The van der Waals surface area contributed by atoms with Crippen LogP contribution in [0.1, 0.15) is 122 Å². The highest BCUT2D eigenvalue weighted by atomic mass is 16.6. The summed E-state index contributed by atoms with van der Waals surface area (Å²) in [6, 6.07) is 0. The van der Waals surface area contributed by atoms with Gasteiger partial charge in [0.05, 0.1) is 4.92 Å². The fourth-order valence-electron chi connectivity index (χ4n) is 3.23. The lowest BCUT2D eigenvalue weighted by Crippen LogP contribution is -1.99.